The Morgan fingerprint density at radius 1 is 1.28 bits per heavy atom. The number of hydrogen-bond donors (Lipinski definition) is 2. The molecule has 2 rings (SSSR count). The highest BCUT2D eigenvalue weighted by Crippen LogP contribution is 2.35. The molecule has 1 aliphatic heterocycles. The maximum atomic E-state index is 11.1. The minimum Gasteiger partial charge on any atom is -0.486 e. The van der Waals surface area contributed by atoms with E-state index in [1.807, 2.05) is 0 Å². The van der Waals surface area contributed by atoms with Crippen LogP contribution in [-0.4, -0.2) is 30.2 Å². The fourth-order valence-electron chi connectivity index (χ4n) is 1.75. The van der Waals surface area contributed by atoms with Gasteiger partial charge in [-0.3, -0.25) is 9.59 Å². The van der Waals surface area contributed by atoms with E-state index in [1.54, 1.807) is 12.1 Å². The second-order valence-electron chi connectivity index (χ2n) is 3.90. The quantitative estimate of drug-likeness (QED) is 0.838. The Hall–Kier alpha value is -2.24. The molecule has 0 bridgehead atoms. The zero-order chi connectivity index (χ0) is 13.1. The van der Waals surface area contributed by atoms with Crippen LogP contribution in [0.15, 0.2) is 12.1 Å². The topological polar surface area (TPSA) is 84.9 Å². The number of carboxylic acids is 1. The van der Waals surface area contributed by atoms with Gasteiger partial charge in [-0.25, -0.2) is 0 Å². The summed E-state index contributed by atoms with van der Waals surface area (Å²) in [5.74, 6) is -0.220. The first-order valence-corrected chi connectivity index (χ1v) is 5.48. The predicted octanol–water partition coefficient (Wildman–Crippen LogP) is 1.04. The molecule has 1 aromatic carbocycles. The van der Waals surface area contributed by atoms with Crippen LogP contribution in [0.1, 0.15) is 12.5 Å². The Balaban J connectivity index is 2.40. The highest BCUT2D eigenvalue weighted by atomic mass is 16.6. The van der Waals surface area contributed by atoms with Gasteiger partial charge in [0, 0.05) is 18.7 Å². The summed E-state index contributed by atoms with van der Waals surface area (Å²) in [6.07, 6.45) is -0.188. The normalized spacial score (nSPS) is 12.9. The number of hydrogen-bond acceptors (Lipinski definition) is 4. The summed E-state index contributed by atoms with van der Waals surface area (Å²) in [6.45, 7) is 2.23. The lowest BCUT2D eigenvalue weighted by atomic mass is 10.1. The number of carboxylic acid groups (broad SMARTS) is 1. The lowest BCUT2D eigenvalue weighted by Crippen LogP contribution is -2.17. The lowest BCUT2D eigenvalue weighted by Gasteiger charge is -2.20. The van der Waals surface area contributed by atoms with Crippen molar-refractivity contribution in [2.45, 2.75) is 13.3 Å². The van der Waals surface area contributed by atoms with Crippen LogP contribution >= 0.6 is 0 Å². The maximum absolute atomic E-state index is 11.1. The molecule has 1 aliphatic rings. The maximum Gasteiger partial charge on any atom is 0.307 e. The Morgan fingerprint density at radius 3 is 2.44 bits per heavy atom. The monoisotopic (exact) mass is 251 g/mol. The molecule has 2 N–H and O–H groups in total. The van der Waals surface area contributed by atoms with Crippen molar-refractivity contribution in [3.05, 3.63) is 17.7 Å². The van der Waals surface area contributed by atoms with Gasteiger partial charge in [-0.2, -0.15) is 0 Å². The molecule has 6 nitrogen and oxygen atoms in total. The smallest absolute Gasteiger partial charge is 0.307 e. The molecule has 0 radical (unpaired) electrons. The first-order valence-electron chi connectivity index (χ1n) is 5.48. The van der Waals surface area contributed by atoms with Crippen molar-refractivity contribution in [1.82, 2.24) is 0 Å². The zero-order valence-corrected chi connectivity index (χ0v) is 9.86. The summed E-state index contributed by atoms with van der Waals surface area (Å²) in [5.41, 5.74) is 0.927. The molecular weight excluding hydrogens is 238 g/mol. The van der Waals surface area contributed by atoms with Gasteiger partial charge in [0.05, 0.1) is 6.42 Å². The summed E-state index contributed by atoms with van der Waals surface area (Å²) in [4.78, 5) is 21.9. The number of benzene rings is 1. The highest BCUT2D eigenvalue weighted by molar-refractivity contribution is 5.91. The van der Waals surface area contributed by atoms with Gasteiger partial charge in [0.15, 0.2) is 11.5 Å². The number of carbonyl (C=O) groups is 2. The number of rotatable bonds is 3. The molecule has 0 fully saturated rings. The number of amides is 1. The van der Waals surface area contributed by atoms with Crippen LogP contribution in [-0.2, 0) is 16.0 Å². The molecule has 96 valence electrons. The summed E-state index contributed by atoms with van der Waals surface area (Å²) in [7, 11) is 0. The van der Waals surface area contributed by atoms with E-state index >= 15 is 0 Å². The van der Waals surface area contributed by atoms with E-state index in [0.717, 1.165) is 0 Å². The standard InChI is InChI=1S/C12H13NO5/c1-7(14)13-9-6-11-10(17-2-3-18-11)4-8(9)5-12(15)16/h4,6H,2-3,5H2,1H3,(H,13,14)(H,15,16). The fraction of sp³-hybridized carbons (Fsp3) is 0.333. The predicted molar refractivity (Wildman–Crippen MR) is 63.1 cm³/mol. The number of ether oxygens (including phenoxy) is 2. The van der Waals surface area contributed by atoms with Crippen LogP contribution in [0.2, 0.25) is 0 Å². The number of fused-ring (bicyclic) bond motifs is 1. The molecular formula is C12H13NO5. The van der Waals surface area contributed by atoms with Crippen molar-refractivity contribution in [2.24, 2.45) is 0 Å². The van der Waals surface area contributed by atoms with E-state index in [4.69, 9.17) is 14.6 Å². The largest absolute Gasteiger partial charge is 0.486 e. The van der Waals surface area contributed by atoms with Gasteiger partial charge in [-0.15, -0.1) is 0 Å². The van der Waals surface area contributed by atoms with Crippen molar-refractivity contribution in [3.63, 3.8) is 0 Å². The molecule has 0 saturated heterocycles. The first-order chi connectivity index (χ1) is 8.56. The summed E-state index contributed by atoms with van der Waals surface area (Å²) >= 11 is 0. The van der Waals surface area contributed by atoms with Crippen molar-refractivity contribution >= 4 is 17.6 Å². The van der Waals surface area contributed by atoms with Crippen molar-refractivity contribution < 1.29 is 24.2 Å². The van der Waals surface area contributed by atoms with Crippen LogP contribution in [0.4, 0.5) is 5.69 Å². The van der Waals surface area contributed by atoms with Crippen molar-refractivity contribution in [1.29, 1.82) is 0 Å². The third-order valence-corrected chi connectivity index (χ3v) is 2.42. The summed E-state index contributed by atoms with van der Waals surface area (Å²) < 4.78 is 10.8. The highest BCUT2D eigenvalue weighted by Gasteiger charge is 2.17. The molecule has 0 atom stereocenters. The minimum absolute atomic E-state index is 0.188. The Bertz CT molecular complexity index is 452. The van der Waals surface area contributed by atoms with E-state index < -0.39 is 5.97 Å². The molecule has 0 aromatic heterocycles. The van der Waals surface area contributed by atoms with E-state index in [2.05, 4.69) is 5.32 Å². The number of anilines is 1. The number of carbonyl (C=O) groups excluding carboxylic acids is 1. The lowest BCUT2D eigenvalue weighted by molar-refractivity contribution is -0.136. The number of aliphatic carboxylic acids is 1. The average molecular weight is 251 g/mol. The van der Waals surface area contributed by atoms with Crippen LogP contribution in [0.5, 0.6) is 11.5 Å². The van der Waals surface area contributed by atoms with Crippen LogP contribution < -0.4 is 14.8 Å². The van der Waals surface area contributed by atoms with E-state index in [0.29, 0.717) is 36.0 Å². The summed E-state index contributed by atoms with van der Waals surface area (Å²) in [6, 6.07) is 3.18. The molecule has 0 aliphatic carbocycles. The van der Waals surface area contributed by atoms with Gasteiger partial charge in [0.2, 0.25) is 5.91 Å². The minimum atomic E-state index is -0.974. The second-order valence-corrected chi connectivity index (χ2v) is 3.90. The fourth-order valence-corrected chi connectivity index (χ4v) is 1.75. The molecule has 1 aromatic rings. The molecule has 18 heavy (non-hydrogen) atoms. The second kappa shape index (κ2) is 4.95. The SMILES string of the molecule is CC(=O)Nc1cc2c(cc1CC(=O)O)OCCO2. The van der Waals surface area contributed by atoms with Crippen LogP contribution in [0.3, 0.4) is 0 Å². The van der Waals surface area contributed by atoms with Crippen LogP contribution in [0.25, 0.3) is 0 Å². The Labute approximate surface area is 104 Å². The molecule has 6 heteroatoms. The molecule has 1 heterocycles. The summed E-state index contributed by atoms with van der Waals surface area (Å²) in [5, 5.41) is 11.4. The van der Waals surface area contributed by atoms with Gasteiger partial charge >= 0.3 is 5.97 Å². The number of nitrogens with one attached hydrogen (secondary N) is 1. The van der Waals surface area contributed by atoms with E-state index in [1.165, 1.54) is 6.92 Å². The Morgan fingerprint density at radius 2 is 1.89 bits per heavy atom. The molecule has 0 saturated carbocycles. The van der Waals surface area contributed by atoms with Crippen molar-refractivity contribution in [3.8, 4) is 11.5 Å². The molecule has 0 unspecified atom stereocenters. The van der Waals surface area contributed by atoms with Gasteiger partial charge in [0.25, 0.3) is 0 Å². The zero-order valence-electron chi connectivity index (χ0n) is 9.86. The third kappa shape index (κ3) is 2.71. The van der Waals surface area contributed by atoms with Crippen LogP contribution in [0, 0.1) is 0 Å². The third-order valence-electron chi connectivity index (χ3n) is 2.42. The van der Waals surface area contributed by atoms with E-state index in [9.17, 15) is 9.59 Å². The molecule has 0 spiro atoms. The van der Waals surface area contributed by atoms with Gasteiger partial charge < -0.3 is 19.9 Å². The molecule has 1 amide bonds. The Kier molecular flexibility index (Phi) is 3.36. The van der Waals surface area contributed by atoms with E-state index in [-0.39, 0.29) is 12.3 Å². The van der Waals surface area contributed by atoms with Gasteiger partial charge in [-0.05, 0) is 11.6 Å². The first kappa shape index (κ1) is 12.2. The van der Waals surface area contributed by atoms with Gasteiger partial charge in [0.1, 0.15) is 13.2 Å². The van der Waals surface area contributed by atoms with Crippen molar-refractivity contribution in [2.75, 3.05) is 18.5 Å². The average Bonchev–Trinajstić information content (AvgIpc) is 2.28. The van der Waals surface area contributed by atoms with Gasteiger partial charge in [-0.1, -0.05) is 0 Å².